The number of fused-ring (bicyclic) bond motifs is 2. The average Bonchev–Trinajstić information content (AvgIpc) is 2.98. The van der Waals surface area contributed by atoms with Crippen LogP contribution in [0.2, 0.25) is 0 Å². The summed E-state index contributed by atoms with van der Waals surface area (Å²) < 4.78 is 1.92. The molecule has 0 aliphatic carbocycles. The minimum atomic E-state index is -0.0896. The highest BCUT2D eigenvalue weighted by atomic mass is 16.7. The minimum Gasteiger partial charge on any atom is -0.315 e. The molecule has 18 heavy (non-hydrogen) atoms. The van der Waals surface area contributed by atoms with Crippen molar-refractivity contribution in [2.24, 2.45) is 0 Å². The van der Waals surface area contributed by atoms with Crippen molar-refractivity contribution in [3.8, 4) is 0 Å². The zero-order valence-corrected chi connectivity index (χ0v) is 9.90. The van der Waals surface area contributed by atoms with Crippen molar-refractivity contribution in [1.29, 1.82) is 0 Å². The Bertz CT molecular complexity index is 494. The smallest absolute Gasteiger partial charge is 0.315 e. The van der Waals surface area contributed by atoms with Gasteiger partial charge in [-0.1, -0.05) is 6.08 Å². The Morgan fingerprint density at radius 3 is 3.22 bits per heavy atom. The van der Waals surface area contributed by atoms with Gasteiger partial charge in [-0.2, -0.15) is 5.06 Å². The molecule has 0 spiro atoms. The molecule has 1 atom stereocenters. The van der Waals surface area contributed by atoms with Gasteiger partial charge in [0.25, 0.3) is 0 Å². The third kappa shape index (κ3) is 1.70. The Hall–Kier alpha value is -2.08. The number of aromatic nitrogens is 2. The number of hydrogen-bond acceptors (Lipinski definition) is 3. The van der Waals surface area contributed by atoms with Gasteiger partial charge in [-0.05, 0) is 6.08 Å². The zero-order chi connectivity index (χ0) is 12.5. The number of rotatable bonds is 4. The SMILES string of the molecule is C=CCON1C(=O)N2CC(n3ccnc3)=CC1C2. The highest BCUT2D eigenvalue weighted by molar-refractivity contribution is 5.80. The van der Waals surface area contributed by atoms with Crippen LogP contribution in [0, 0.1) is 0 Å². The normalized spacial score (nSPS) is 22.3. The summed E-state index contributed by atoms with van der Waals surface area (Å²) in [6.45, 7) is 5.18. The first kappa shape index (κ1) is 11.0. The first-order valence-corrected chi connectivity index (χ1v) is 5.80. The molecule has 2 bridgehead atoms. The molecule has 0 N–H and O–H groups in total. The second-order valence-electron chi connectivity index (χ2n) is 4.27. The topological polar surface area (TPSA) is 50.6 Å². The number of imidazole rings is 1. The van der Waals surface area contributed by atoms with E-state index < -0.39 is 0 Å². The lowest BCUT2D eigenvalue weighted by Gasteiger charge is -2.21. The van der Waals surface area contributed by atoms with Gasteiger partial charge in [-0.15, -0.1) is 6.58 Å². The van der Waals surface area contributed by atoms with E-state index in [1.807, 2.05) is 16.8 Å². The second-order valence-corrected chi connectivity index (χ2v) is 4.27. The van der Waals surface area contributed by atoms with Crippen LogP contribution in [0.1, 0.15) is 0 Å². The van der Waals surface area contributed by atoms with Gasteiger partial charge >= 0.3 is 6.03 Å². The summed E-state index contributed by atoms with van der Waals surface area (Å²) in [5, 5.41) is 1.42. The number of nitrogens with zero attached hydrogens (tertiary/aromatic N) is 4. The van der Waals surface area contributed by atoms with Gasteiger partial charge < -0.3 is 9.47 Å². The maximum Gasteiger partial charge on any atom is 0.345 e. The van der Waals surface area contributed by atoms with E-state index in [0.29, 0.717) is 19.7 Å². The molecular formula is C12H14N4O2. The van der Waals surface area contributed by atoms with Crippen molar-refractivity contribution in [3.05, 3.63) is 37.5 Å². The van der Waals surface area contributed by atoms with Crippen molar-refractivity contribution < 1.29 is 9.63 Å². The van der Waals surface area contributed by atoms with Gasteiger partial charge in [-0.25, -0.2) is 9.78 Å². The van der Waals surface area contributed by atoms with E-state index >= 15 is 0 Å². The van der Waals surface area contributed by atoms with Crippen LogP contribution in [0.5, 0.6) is 0 Å². The molecule has 1 saturated heterocycles. The zero-order valence-electron chi connectivity index (χ0n) is 9.90. The maximum atomic E-state index is 12.0. The molecule has 3 heterocycles. The first-order valence-electron chi connectivity index (χ1n) is 5.80. The quantitative estimate of drug-likeness (QED) is 0.744. The van der Waals surface area contributed by atoms with Crippen LogP contribution in [-0.2, 0) is 4.84 Å². The summed E-state index contributed by atoms with van der Waals surface area (Å²) in [5.41, 5.74) is 1.04. The highest BCUT2D eigenvalue weighted by Gasteiger charge is 2.40. The molecule has 2 amide bonds. The van der Waals surface area contributed by atoms with E-state index in [1.165, 1.54) is 5.06 Å². The number of urea groups is 1. The van der Waals surface area contributed by atoms with E-state index in [2.05, 4.69) is 11.6 Å². The van der Waals surface area contributed by atoms with Gasteiger partial charge in [0.2, 0.25) is 0 Å². The van der Waals surface area contributed by atoms with Crippen molar-refractivity contribution in [3.63, 3.8) is 0 Å². The monoisotopic (exact) mass is 246 g/mol. The van der Waals surface area contributed by atoms with E-state index in [0.717, 1.165) is 5.70 Å². The number of carbonyl (C=O) groups excluding carboxylic acids is 1. The van der Waals surface area contributed by atoms with Crippen LogP contribution in [0.25, 0.3) is 5.70 Å². The fraction of sp³-hybridized carbons (Fsp3) is 0.333. The molecule has 2 aliphatic rings. The Morgan fingerprint density at radius 2 is 2.50 bits per heavy atom. The molecule has 3 rings (SSSR count). The second kappa shape index (κ2) is 4.30. The molecule has 94 valence electrons. The lowest BCUT2D eigenvalue weighted by Crippen LogP contribution is -2.33. The molecule has 0 aromatic carbocycles. The fourth-order valence-electron chi connectivity index (χ4n) is 2.26. The third-order valence-corrected chi connectivity index (χ3v) is 3.07. The summed E-state index contributed by atoms with van der Waals surface area (Å²) in [7, 11) is 0. The largest absolute Gasteiger partial charge is 0.345 e. The molecule has 6 nitrogen and oxygen atoms in total. The molecule has 0 saturated carbocycles. The minimum absolute atomic E-state index is 0.0383. The lowest BCUT2D eigenvalue weighted by atomic mass is 10.2. The summed E-state index contributed by atoms with van der Waals surface area (Å²) in [6, 6.07) is -0.128. The molecule has 1 fully saturated rings. The van der Waals surface area contributed by atoms with Gasteiger partial charge in [0.15, 0.2) is 0 Å². The van der Waals surface area contributed by atoms with Crippen LogP contribution < -0.4 is 0 Å². The van der Waals surface area contributed by atoms with Gasteiger partial charge in [-0.3, -0.25) is 4.84 Å². The van der Waals surface area contributed by atoms with Crippen LogP contribution in [0.15, 0.2) is 37.5 Å². The highest BCUT2D eigenvalue weighted by Crippen LogP contribution is 2.26. The predicted molar refractivity (Wildman–Crippen MR) is 65.2 cm³/mol. The standard InChI is InChI=1S/C12H14N4O2/c1-2-5-18-16-11-6-10(14-4-3-13-9-14)7-15(8-11)12(16)17/h2-4,6,9,11H,1,5,7-8H2. The first-order chi connectivity index (χ1) is 8.79. The summed E-state index contributed by atoms with van der Waals surface area (Å²) in [6.07, 6.45) is 9.01. The molecule has 0 radical (unpaired) electrons. The van der Waals surface area contributed by atoms with Crippen molar-refractivity contribution >= 4 is 11.7 Å². The fourth-order valence-corrected chi connectivity index (χ4v) is 2.26. The van der Waals surface area contributed by atoms with E-state index in [9.17, 15) is 4.79 Å². The van der Waals surface area contributed by atoms with Crippen molar-refractivity contribution in [1.82, 2.24) is 19.5 Å². The molecule has 2 aliphatic heterocycles. The molecule has 6 heteroatoms. The van der Waals surface area contributed by atoms with Gasteiger partial charge in [0.05, 0.1) is 25.5 Å². The molecular weight excluding hydrogens is 232 g/mol. The number of hydrogen-bond donors (Lipinski definition) is 0. The van der Waals surface area contributed by atoms with Crippen LogP contribution in [-0.4, -0.2) is 51.3 Å². The Morgan fingerprint density at radius 1 is 1.61 bits per heavy atom. The Labute approximate surface area is 105 Å². The van der Waals surface area contributed by atoms with E-state index in [-0.39, 0.29) is 12.1 Å². The lowest BCUT2D eigenvalue weighted by molar-refractivity contribution is -0.107. The van der Waals surface area contributed by atoms with Crippen LogP contribution >= 0.6 is 0 Å². The van der Waals surface area contributed by atoms with Crippen LogP contribution in [0.4, 0.5) is 4.79 Å². The summed E-state index contributed by atoms with van der Waals surface area (Å²) in [5.74, 6) is 0. The summed E-state index contributed by atoms with van der Waals surface area (Å²) >= 11 is 0. The third-order valence-electron chi connectivity index (χ3n) is 3.07. The van der Waals surface area contributed by atoms with Crippen molar-refractivity contribution in [2.45, 2.75) is 6.04 Å². The predicted octanol–water partition coefficient (Wildman–Crippen LogP) is 0.961. The maximum absolute atomic E-state index is 12.0. The van der Waals surface area contributed by atoms with E-state index in [1.54, 1.807) is 23.5 Å². The summed E-state index contributed by atoms with van der Waals surface area (Å²) in [4.78, 5) is 23.2. The van der Waals surface area contributed by atoms with Gasteiger partial charge in [0, 0.05) is 24.6 Å². The average molecular weight is 246 g/mol. The Kier molecular flexibility index (Phi) is 2.64. The molecule has 1 aromatic rings. The number of carbonyl (C=O) groups is 1. The number of hydroxylamine groups is 2. The Balaban J connectivity index is 1.83. The van der Waals surface area contributed by atoms with Gasteiger partial charge in [0.1, 0.15) is 0 Å². The number of amides is 2. The van der Waals surface area contributed by atoms with E-state index in [4.69, 9.17) is 4.84 Å². The molecule has 1 unspecified atom stereocenters. The van der Waals surface area contributed by atoms with Crippen molar-refractivity contribution in [2.75, 3.05) is 19.7 Å². The molecule has 1 aromatic heterocycles. The van der Waals surface area contributed by atoms with Crippen LogP contribution in [0.3, 0.4) is 0 Å².